The Labute approximate surface area is 118 Å². The van der Waals surface area contributed by atoms with Crippen molar-refractivity contribution in [3.8, 4) is 11.5 Å². The van der Waals surface area contributed by atoms with Crippen molar-refractivity contribution in [2.75, 3.05) is 26.6 Å². The maximum atomic E-state index is 11.9. The lowest BCUT2D eigenvalue weighted by molar-refractivity contribution is -0.128. The molecule has 19 heavy (non-hydrogen) atoms. The molecule has 0 bridgehead atoms. The highest BCUT2D eigenvalue weighted by molar-refractivity contribution is 6.18. The van der Waals surface area contributed by atoms with Crippen LogP contribution in [0.3, 0.4) is 0 Å². The number of benzene rings is 1. The van der Waals surface area contributed by atoms with Gasteiger partial charge in [-0.1, -0.05) is 0 Å². The summed E-state index contributed by atoms with van der Waals surface area (Å²) < 4.78 is 10.5. The van der Waals surface area contributed by atoms with Gasteiger partial charge in [-0.25, -0.2) is 0 Å². The number of carbonyl (C=O) groups excluding carboxylic acids is 1. The van der Waals surface area contributed by atoms with Gasteiger partial charge >= 0.3 is 0 Å². The maximum absolute atomic E-state index is 11.9. The summed E-state index contributed by atoms with van der Waals surface area (Å²) in [5, 5.41) is 0. The molecule has 1 aliphatic heterocycles. The number of amides is 1. The number of hydrogen-bond donors (Lipinski definition) is 0. The molecule has 1 amide bonds. The second-order valence-corrected chi connectivity index (χ2v) is 4.99. The Kier molecular flexibility index (Phi) is 4.53. The normalized spacial score (nSPS) is 18.8. The lowest BCUT2D eigenvalue weighted by atomic mass is 10.1. The maximum Gasteiger partial charge on any atom is 0.223 e. The number of nitrogens with zero attached hydrogens (tertiary/aromatic N) is 1. The van der Waals surface area contributed by atoms with Crippen LogP contribution in [0.25, 0.3) is 0 Å². The van der Waals surface area contributed by atoms with Crippen LogP contribution in [0.4, 0.5) is 0 Å². The number of alkyl halides is 1. The topological polar surface area (TPSA) is 38.8 Å². The third-order valence-electron chi connectivity index (χ3n) is 3.36. The van der Waals surface area contributed by atoms with Crippen molar-refractivity contribution in [2.45, 2.75) is 13.0 Å². The minimum Gasteiger partial charge on any atom is -0.497 e. The standard InChI is InChI=1S/C14H18ClNO3/c1-18-12-3-4-13(19-2)11(6-12)9-16-8-10(7-15)5-14(16)17/h3-4,6,10H,5,7-9H2,1-2H3. The van der Waals surface area contributed by atoms with E-state index in [0.717, 1.165) is 17.1 Å². The molecule has 0 N–H and O–H groups in total. The molecule has 0 radical (unpaired) electrons. The van der Waals surface area contributed by atoms with E-state index in [1.54, 1.807) is 14.2 Å². The minimum absolute atomic E-state index is 0.149. The number of rotatable bonds is 5. The lowest BCUT2D eigenvalue weighted by Crippen LogP contribution is -2.25. The van der Waals surface area contributed by atoms with E-state index in [9.17, 15) is 4.79 Å². The fourth-order valence-electron chi connectivity index (χ4n) is 2.32. The first kappa shape index (κ1) is 14.0. The largest absolute Gasteiger partial charge is 0.497 e. The number of ether oxygens (including phenoxy) is 2. The summed E-state index contributed by atoms with van der Waals surface area (Å²) in [6.45, 7) is 1.25. The molecular weight excluding hydrogens is 266 g/mol. The number of likely N-dealkylation sites (tertiary alicyclic amines) is 1. The third-order valence-corrected chi connectivity index (χ3v) is 3.80. The fourth-order valence-corrected chi connectivity index (χ4v) is 2.53. The van der Waals surface area contributed by atoms with E-state index in [1.807, 2.05) is 23.1 Å². The summed E-state index contributed by atoms with van der Waals surface area (Å²) in [4.78, 5) is 13.7. The van der Waals surface area contributed by atoms with Gasteiger partial charge in [-0.05, 0) is 24.1 Å². The zero-order valence-electron chi connectivity index (χ0n) is 11.2. The van der Waals surface area contributed by atoms with E-state index in [4.69, 9.17) is 21.1 Å². The fraction of sp³-hybridized carbons (Fsp3) is 0.500. The monoisotopic (exact) mass is 283 g/mol. The Morgan fingerprint density at radius 3 is 2.74 bits per heavy atom. The molecule has 0 saturated carbocycles. The smallest absolute Gasteiger partial charge is 0.223 e. The van der Waals surface area contributed by atoms with E-state index >= 15 is 0 Å². The van der Waals surface area contributed by atoms with Gasteiger partial charge in [0, 0.05) is 31.0 Å². The quantitative estimate of drug-likeness (QED) is 0.778. The predicted octanol–water partition coefficient (Wildman–Crippen LogP) is 2.29. The van der Waals surface area contributed by atoms with Crippen LogP contribution in [-0.2, 0) is 11.3 Å². The second-order valence-electron chi connectivity index (χ2n) is 4.68. The zero-order valence-corrected chi connectivity index (χ0v) is 11.9. The molecule has 1 fully saturated rings. The first-order chi connectivity index (χ1) is 9.17. The molecule has 4 nitrogen and oxygen atoms in total. The predicted molar refractivity (Wildman–Crippen MR) is 73.8 cm³/mol. The van der Waals surface area contributed by atoms with Gasteiger partial charge in [0.1, 0.15) is 11.5 Å². The highest BCUT2D eigenvalue weighted by Crippen LogP contribution is 2.28. The third kappa shape index (κ3) is 3.13. The van der Waals surface area contributed by atoms with Crippen molar-refractivity contribution in [3.05, 3.63) is 23.8 Å². The highest BCUT2D eigenvalue weighted by Gasteiger charge is 2.29. The van der Waals surface area contributed by atoms with E-state index in [2.05, 4.69) is 0 Å². The molecular formula is C14H18ClNO3. The van der Waals surface area contributed by atoms with Gasteiger partial charge in [0.15, 0.2) is 0 Å². The van der Waals surface area contributed by atoms with Crippen LogP contribution in [0.2, 0.25) is 0 Å². The first-order valence-corrected chi connectivity index (χ1v) is 6.76. The highest BCUT2D eigenvalue weighted by atomic mass is 35.5. The van der Waals surface area contributed by atoms with Crippen molar-refractivity contribution < 1.29 is 14.3 Å². The molecule has 0 aromatic heterocycles. The summed E-state index contributed by atoms with van der Waals surface area (Å²) in [5.74, 6) is 2.46. The molecule has 0 spiro atoms. The van der Waals surface area contributed by atoms with Gasteiger partial charge in [-0.15, -0.1) is 11.6 Å². The molecule has 1 saturated heterocycles. The SMILES string of the molecule is COc1ccc(OC)c(CN2CC(CCl)CC2=O)c1. The number of hydrogen-bond acceptors (Lipinski definition) is 3. The molecule has 2 rings (SSSR count). The Bertz CT molecular complexity index is 464. The zero-order chi connectivity index (χ0) is 13.8. The summed E-state index contributed by atoms with van der Waals surface area (Å²) in [6.07, 6.45) is 0.537. The first-order valence-electron chi connectivity index (χ1n) is 6.22. The van der Waals surface area contributed by atoms with Crippen molar-refractivity contribution in [1.29, 1.82) is 0 Å². The van der Waals surface area contributed by atoms with Gasteiger partial charge in [-0.2, -0.15) is 0 Å². The van der Waals surface area contributed by atoms with Crippen LogP contribution in [0.15, 0.2) is 18.2 Å². The van der Waals surface area contributed by atoms with Crippen LogP contribution in [0.1, 0.15) is 12.0 Å². The molecule has 0 aliphatic carbocycles. The molecule has 1 heterocycles. The lowest BCUT2D eigenvalue weighted by Gasteiger charge is -2.18. The van der Waals surface area contributed by atoms with Gasteiger partial charge in [0.2, 0.25) is 5.91 Å². The van der Waals surface area contributed by atoms with Crippen molar-refractivity contribution in [3.63, 3.8) is 0 Å². The number of halogens is 1. The Hall–Kier alpha value is -1.42. The molecule has 1 unspecified atom stereocenters. The summed E-state index contributed by atoms with van der Waals surface area (Å²) in [6, 6.07) is 5.60. The van der Waals surface area contributed by atoms with Crippen LogP contribution in [-0.4, -0.2) is 37.5 Å². The average Bonchev–Trinajstić information content (AvgIpc) is 2.79. The summed E-state index contributed by atoms with van der Waals surface area (Å²) in [5.41, 5.74) is 0.949. The van der Waals surface area contributed by atoms with Crippen LogP contribution in [0, 0.1) is 5.92 Å². The summed E-state index contributed by atoms with van der Waals surface area (Å²) in [7, 11) is 3.24. The van der Waals surface area contributed by atoms with Crippen molar-refractivity contribution in [2.24, 2.45) is 5.92 Å². The van der Waals surface area contributed by atoms with Crippen LogP contribution < -0.4 is 9.47 Å². The second kappa shape index (κ2) is 6.15. The van der Waals surface area contributed by atoms with Crippen LogP contribution in [0.5, 0.6) is 11.5 Å². The van der Waals surface area contributed by atoms with Gasteiger partial charge in [0.25, 0.3) is 0 Å². The molecule has 1 aromatic rings. The number of methoxy groups -OCH3 is 2. The van der Waals surface area contributed by atoms with E-state index in [1.165, 1.54) is 0 Å². The van der Waals surface area contributed by atoms with Gasteiger partial charge in [-0.3, -0.25) is 4.79 Å². The average molecular weight is 284 g/mol. The molecule has 1 atom stereocenters. The Morgan fingerprint density at radius 2 is 2.16 bits per heavy atom. The van der Waals surface area contributed by atoms with Gasteiger partial charge in [0.05, 0.1) is 14.2 Å². The van der Waals surface area contributed by atoms with Gasteiger partial charge < -0.3 is 14.4 Å². The molecule has 1 aliphatic rings. The van der Waals surface area contributed by atoms with Crippen LogP contribution >= 0.6 is 11.6 Å². The van der Waals surface area contributed by atoms with Crippen molar-refractivity contribution in [1.82, 2.24) is 4.90 Å². The number of carbonyl (C=O) groups is 1. The minimum atomic E-state index is 0.149. The Morgan fingerprint density at radius 1 is 1.37 bits per heavy atom. The molecule has 104 valence electrons. The van der Waals surface area contributed by atoms with Crippen molar-refractivity contribution >= 4 is 17.5 Å². The van der Waals surface area contributed by atoms with E-state index in [-0.39, 0.29) is 11.8 Å². The molecule has 1 aromatic carbocycles. The van der Waals surface area contributed by atoms with E-state index < -0.39 is 0 Å². The molecule has 5 heteroatoms. The Balaban J connectivity index is 2.16. The summed E-state index contributed by atoms with van der Waals surface area (Å²) >= 11 is 5.82. The van der Waals surface area contributed by atoms with E-state index in [0.29, 0.717) is 25.4 Å².